The van der Waals surface area contributed by atoms with E-state index in [0.717, 1.165) is 38.6 Å². The lowest BCUT2D eigenvalue weighted by molar-refractivity contribution is 0.236. The molecule has 0 bridgehead atoms. The molecular weight excluding hydrogens is 190 g/mol. The second-order valence-corrected chi connectivity index (χ2v) is 3.83. The van der Waals surface area contributed by atoms with Crippen LogP contribution in [0.5, 0.6) is 0 Å². The van der Waals surface area contributed by atoms with Crippen molar-refractivity contribution in [3.05, 3.63) is 0 Å². The molecule has 0 heterocycles. The van der Waals surface area contributed by atoms with Crippen molar-refractivity contribution in [2.75, 3.05) is 13.1 Å². The third-order valence-corrected chi connectivity index (χ3v) is 2.34. The Morgan fingerprint density at radius 1 is 1.27 bits per heavy atom. The van der Waals surface area contributed by atoms with Crippen molar-refractivity contribution in [3.63, 3.8) is 0 Å². The first kappa shape index (κ1) is 14.2. The maximum Gasteiger partial charge on any atom is 0.315 e. The molecule has 0 aliphatic carbocycles. The highest BCUT2D eigenvalue weighted by atomic mass is 16.2. The molecule has 0 spiro atoms. The third kappa shape index (κ3) is 8.24. The fraction of sp³-hybridized carbons (Fsp3) is 0.909. The van der Waals surface area contributed by atoms with Gasteiger partial charge in [-0.15, -0.1) is 0 Å². The first-order valence-electron chi connectivity index (χ1n) is 5.99. The van der Waals surface area contributed by atoms with E-state index in [4.69, 9.17) is 5.73 Å². The van der Waals surface area contributed by atoms with Gasteiger partial charge in [0.1, 0.15) is 0 Å². The van der Waals surface area contributed by atoms with Crippen LogP contribution < -0.4 is 16.4 Å². The Bertz CT molecular complexity index is 162. The highest BCUT2D eigenvalue weighted by Crippen LogP contribution is 1.98. The van der Waals surface area contributed by atoms with Gasteiger partial charge in [0.25, 0.3) is 0 Å². The number of carbonyl (C=O) groups is 1. The van der Waals surface area contributed by atoms with Gasteiger partial charge in [-0.25, -0.2) is 4.79 Å². The summed E-state index contributed by atoms with van der Waals surface area (Å²) in [6, 6.07) is 0.0292. The number of hydrogen-bond donors (Lipinski definition) is 3. The minimum absolute atomic E-state index is 0.0880. The van der Waals surface area contributed by atoms with Gasteiger partial charge in [0.15, 0.2) is 0 Å². The van der Waals surface area contributed by atoms with Crippen molar-refractivity contribution >= 4 is 6.03 Å². The number of amides is 2. The normalized spacial score (nSPS) is 12.2. The van der Waals surface area contributed by atoms with Gasteiger partial charge in [-0.2, -0.15) is 0 Å². The van der Waals surface area contributed by atoms with E-state index in [2.05, 4.69) is 24.5 Å². The molecular formula is C11H25N3O. The summed E-state index contributed by atoms with van der Waals surface area (Å²) in [5.74, 6) is 0. The topological polar surface area (TPSA) is 67.2 Å². The zero-order chi connectivity index (χ0) is 11.5. The van der Waals surface area contributed by atoms with Crippen LogP contribution in [0.1, 0.15) is 46.0 Å². The Kier molecular flexibility index (Phi) is 9.27. The third-order valence-electron chi connectivity index (χ3n) is 2.34. The van der Waals surface area contributed by atoms with Crippen LogP contribution in [-0.2, 0) is 0 Å². The summed E-state index contributed by atoms with van der Waals surface area (Å²) < 4.78 is 0. The number of nitrogens with two attached hydrogens (primary N) is 1. The summed E-state index contributed by atoms with van der Waals surface area (Å²) in [4.78, 5) is 11.4. The standard InChI is InChI=1S/C11H25N3O/c1-3-5-7-10(9-12)14-11(15)13-8-6-4-2/h10H,3-9,12H2,1-2H3,(H2,13,14,15). The second kappa shape index (κ2) is 9.77. The van der Waals surface area contributed by atoms with Crippen LogP contribution in [0.25, 0.3) is 0 Å². The quantitative estimate of drug-likeness (QED) is 0.538. The lowest BCUT2D eigenvalue weighted by atomic mass is 10.1. The molecule has 0 aromatic rings. The molecule has 0 rings (SSSR count). The first-order chi connectivity index (χ1) is 7.24. The summed E-state index contributed by atoms with van der Waals surface area (Å²) in [6.45, 7) is 5.49. The van der Waals surface area contributed by atoms with Gasteiger partial charge in [-0.05, 0) is 12.8 Å². The smallest absolute Gasteiger partial charge is 0.315 e. The van der Waals surface area contributed by atoms with Gasteiger partial charge in [-0.1, -0.05) is 33.1 Å². The molecule has 0 radical (unpaired) electrons. The Hall–Kier alpha value is -0.770. The minimum Gasteiger partial charge on any atom is -0.338 e. The van der Waals surface area contributed by atoms with Crippen molar-refractivity contribution in [3.8, 4) is 0 Å². The Balaban J connectivity index is 3.60. The number of hydrogen-bond acceptors (Lipinski definition) is 2. The van der Waals surface area contributed by atoms with Crippen molar-refractivity contribution < 1.29 is 4.79 Å². The fourth-order valence-electron chi connectivity index (χ4n) is 1.31. The van der Waals surface area contributed by atoms with E-state index in [9.17, 15) is 4.79 Å². The average molecular weight is 215 g/mol. The summed E-state index contributed by atoms with van der Waals surface area (Å²) >= 11 is 0. The van der Waals surface area contributed by atoms with Gasteiger partial charge in [-0.3, -0.25) is 0 Å². The van der Waals surface area contributed by atoms with E-state index in [1.165, 1.54) is 0 Å². The van der Waals surface area contributed by atoms with Gasteiger partial charge >= 0.3 is 6.03 Å². The highest BCUT2D eigenvalue weighted by Gasteiger charge is 2.08. The fourth-order valence-corrected chi connectivity index (χ4v) is 1.31. The molecule has 4 N–H and O–H groups in total. The van der Waals surface area contributed by atoms with Crippen LogP contribution in [0.15, 0.2) is 0 Å². The molecule has 4 nitrogen and oxygen atoms in total. The lowest BCUT2D eigenvalue weighted by Crippen LogP contribution is -2.45. The SMILES string of the molecule is CCCCNC(=O)NC(CN)CCCC. The van der Waals surface area contributed by atoms with E-state index in [-0.39, 0.29) is 12.1 Å². The number of nitrogens with one attached hydrogen (secondary N) is 2. The van der Waals surface area contributed by atoms with Crippen LogP contribution in [0, 0.1) is 0 Å². The van der Waals surface area contributed by atoms with Crippen LogP contribution >= 0.6 is 0 Å². The molecule has 0 fully saturated rings. The van der Waals surface area contributed by atoms with E-state index in [0.29, 0.717) is 6.54 Å². The molecule has 0 aromatic carbocycles. The van der Waals surface area contributed by atoms with Crippen molar-refractivity contribution in [1.29, 1.82) is 0 Å². The summed E-state index contributed by atoms with van der Waals surface area (Å²) in [7, 11) is 0. The van der Waals surface area contributed by atoms with E-state index in [1.807, 2.05) is 0 Å². The Morgan fingerprint density at radius 3 is 2.47 bits per heavy atom. The number of rotatable bonds is 8. The van der Waals surface area contributed by atoms with Crippen LogP contribution in [0.2, 0.25) is 0 Å². The molecule has 4 heteroatoms. The zero-order valence-electron chi connectivity index (χ0n) is 10.0. The number of unbranched alkanes of at least 4 members (excludes halogenated alkanes) is 2. The summed E-state index contributed by atoms with van der Waals surface area (Å²) in [6.07, 6.45) is 5.33. The predicted octanol–water partition coefficient (Wildman–Crippen LogP) is 1.60. The number of urea groups is 1. The zero-order valence-corrected chi connectivity index (χ0v) is 10.0. The molecule has 15 heavy (non-hydrogen) atoms. The van der Waals surface area contributed by atoms with Crippen molar-refractivity contribution in [1.82, 2.24) is 10.6 Å². The summed E-state index contributed by atoms with van der Waals surface area (Å²) in [5, 5.41) is 5.70. The molecule has 0 saturated carbocycles. The average Bonchev–Trinajstić information content (AvgIpc) is 2.24. The van der Waals surface area contributed by atoms with Crippen molar-refractivity contribution in [2.24, 2.45) is 5.73 Å². The molecule has 1 unspecified atom stereocenters. The first-order valence-corrected chi connectivity index (χ1v) is 5.99. The number of carbonyl (C=O) groups excluding carboxylic acids is 1. The summed E-state index contributed by atoms with van der Waals surface area (Å²) in [5.41, 5.74) is 5.57. The molecule has 1 atom stereocenters. The maximum absolute atomic E-state index is 11.4. The van der Waals surface area contributed by atoms with Crippen molar-refractivity contribution in [2.45, 2.75) is 52.0 Å². The van der Waals surface area contributed by atoms with Crippen LogP contribution in [0.4, 0.5) is 4.79 Å². The largest absolute Gasteiger partial charge is 0.338 e. The highest BCUT2D eigenvalue weighted by molar-refractivity contribution is 5.74. The Labute approximate surface area is 93.0 Å². The minimum atomic E-state index is -0.0880. The van der Waals surface area contributed by atoms with Gasteiger partial charge < -0.3 is 16.4 Å². The van der Waals surface area contributed by atoms with E-state index in [1.54, 1.807) is 0 Å². The predicted molar refractivity (Wildman–Crippen MR) is 63.8 cm³/mol. The molecule has 2 amide bonds. The van der Waals surface area contributed by atoms with E-state index < -0.39 is 0 Å². The maximum atomic E-state index is 11.4. The lowest BCUT2D eigenvalue weighted by Gasteiger charge is -2.16. The second-order valence-electron chi connectivity index (χ2n) is 3.83. The van der Waals surface area contributed by atoms with Gasteiger partial charge in [0, 0.05) is 19.1 Å². The monoisotopic (exact) mass is 215 g/mol. The molecule has 0 saturated heterocycles. The molecule has 0 aliphatic rings. The van der Waals surface area contributed by atoms with Gasteiger partial charge in [0.05, 0.1) is 0 Å². The van der Waals surface area contributed by atoms with E-state index >= 15 is 0 Å². The van der Waals surface area contributed by atoms with Crippen LogP contribution in [-0.4, -0.2) is 25.2 Å². The van der Waals surface area contributed by atoms with Crippen LogP contribution in [0.3, 0.4) is 0 Å². The molecule has 90 valence electrons. The van der Waals surface area contributed by atoms with Gasteiger partial charge in [0.2, 0.25) is 0 Å². The molecule has 0 aliphatic heterocycles. The Morgan fingerprint density at radius 2 is 1.93 bits per heavy atom. The molecule has 0 aromatic heterocycles.